The molecule has 4 atom stereocenters. The molecule has 0 spiro atoms. The average molecular weight is 369 g/mol. The van der Waals surface area contributed by atoms with Gasteiger partial charge in [-0.3, -0.25) is 4.79 Å². The molecule has 0 aliphatic heterocycles. The Morgan fingerprint density at radius 1 is 1.00 bits per heavy atom. The number of carbonyl (C=O) groups is 1. The summed E-state index contributed by atoms with van der Waals surface area (Å²) < 4.78 is 4.61. The van der Waals surface area contributed by atoms with Crippen LogP contribution in [0.25, 0.3) is 0 Å². The summed E-state index contributed by atoms with van der Waals surface area (Å²) in [7, 11) is 1.40. The van der Waals surface area contributed by atoms with Gasteiger partial charge in [0.2, 0.25) is 0 Å². The number of unbranched alkanes of at least 4 members (excludes halogenated alkanes) is 5. The van der Waals surface area contributed by atoms with Gasteiger partial charge in [-0.1, -0.05) is 37.1 Å². The summed E-state index contributed by atoms with van der Waals surface area (Å²) >= 11 is 0. The molecular formula is C21H36O5. The molecule has 0 heterocycles. The number of allylic oxidation sites excluding steroid dienone is 3. The molecule has 0 amide bonds. The van der Waals surface area contributed by atoms with Crippen molar-refractivity contribution in [3.63, 3.8) is 0 Å². The molecule has 0 unspecified atom stereocenters. The Balaban J connectivity index is 2.33. The fourth-order valence-corrected chi connectivity index (χ4v) is 3.52. The number of ether oxygens (including phenoxy) is 1. The van der Waals surface area contributed by atoms with Crippen LogP contribution in [0.1, 0.15) is 64.2 Å². The van der Waals surface area contributed by atoms with E-state index in [4.69, 9.17) is 5.11 Å². The van der Waals surface area contributed by atoms with Gasteiger partial charge in [0, 0.05) is 25.4 Å². The smallest absolute Gasteiger partial charge is 0.305 e. The van der Waals surface area contributed by atoms with Crippen molar-refractivity contribution < 1.29 is 24.9 Å². The van der Waals surface area contributed by atoms with Crippen molar-refractivity contribution in [3.05, 3.63) is 24.3 Å². The molecule has 5 nitrogen and oxygen atoms in total. The highest BCUT2D eigenvalue weighted by Gasteiger charge is 2.39. The summed E-state index contributed by atoms with van der Waals surface area (Å²) in [5.74, 6) is -0.135. The van der Waals surface area contributed by atoms with Crippen molar-refractivity contribution in [3.8, 4) is 0 Å². The number of esters is 1. The third-order valence-corrected chi connectivity index (χ3v) is 5.11. The second kappa shape index (κ2) is 14.0. The molecule has 0 aromatic rings. The van der Waals surface area contributed by atoms with Crippen LogP contribution < -0.4 is 0 Å². The van der Waals surface area contributed by atoms with Gasteiger partial charge in [0.15, 0.2) is 0 Å². The molecule has 0 saturated heterocycles. The highest BCUT2D eigenvalue weighted by atomic mass is 16.5. The number of hydrogen-bond acceptors (Lipinski definition) is 5. The molecule has 26 heavy (non-hydrogen) atoms. The molecule has 0 aromatic carbocycles. The van der Waals surface area contributed by atoms with Gasteiger partial charge in [0.1, 0.15) is 0 Å². The second-order valence-corrected chi connectivity index (χ2v) is 7.14. The van der Waals surface area contributed by atoms with Crippen LogP contribution in [0.2, 0.25) is 0 Å². The molecule has 1 aliphatic carbocycles. The Morgan fingerprint density at radius 3 is 2.46 bits per heavy atom. The quantitative estimate of drug-likeness (QED) is 0.264. The highest BCUT2D eigenvalue weighted by Crippen LogP contribution is 2.36. The molecule has 1 aliphatic rings. The number of carbonyl (C=O) groups excluding carboxylic acids is 1. The third kappa shape index (κ3) is 8.97. The minimum atomic E-state index is -0.478. The standard InChI is InChI=1S/C21H36O5/c1-26-21(25)14-10-6-5-9-13-18-17(19(23)16-20(18)24)12-8-4-2-3-7-11-15-22/h5,8-9,12,17-20,22-24H,2-4,6-7,10-11,13-16H2,1H3/b9-5-,12-8?/t17-,18+,19+,20+/m0/s1. The Bertz CT molecular complexity index is 432. The van der Waals surface area contributed by atoms with Crippen LogP contribution in [-0.4, -0.2) is 47.2 Å². The van der Waals surface area contributed by atoms with Gasteiger partial charge in [-0.25, -0.2) is 0 Å². The summed E-state index contributed by atoms with van der Waals surface area (Å²) in [6.07, 6.45) is 15.6. The zero-order valence-corrected chi connectivity index (χ0v) is 16.1. The Hall–Kier alpha value is -1.17. The van der Waals surface area contributed by atoms with Crippen molar-refractivity contribution in [1.82, 2.24) is 0 Å². The minimum Gasteiger partial charge on any atom is -0.469 e. The van der Waals surface area contributed by atoms with Gasteiger partial charge in [-0.15, -0.1) is 0 Å². The van der Waals surface area contributed by atoms with Crippen LogP contribution in [-0.2, 0) is 9.53 Å². The number of methoxy groups -OCH3 is 1. The summed E-state index contributed by atoms with van der Waals surface area (Å²) in [6.45, 7) is 0.264. The van der Waals surface area contributed by atoms with E-state index in [0.29, 0.717) is 12.8 Å². The van der Waals surface area contributed by atoms with Gasteiger partial charge < -0.3 is 20.1 Å². The number of rotatable bonds is 13. The summed E-state index contributed by atoms with van der Waals surface area (Å²) in [5, 5.41) is 29.2. The monoisotopic (exact) mass is 368 g/mol. The molecule has 1 rings (SSSR count). The van der Waals surface area contributed by atoms with Crippen molar-refractivity contribution in [2.75, 3.05) is 13.7 Å². The number of hydrogen-bond donors (Lipinski definition) is 3. The van der Waals surface area contributed by atoms with Gasteiger partial charge >= 0.3 is 5.97 Å². The molecule has 0 bridgehead atoms. The first-order valence-electron chi connectivity index (χ1n) is 9.95. The maximum Gasteiger partial charge on any atom is 0.305 e. The van der Waals surface area contributed by atoms with Crippen LogP contribution in [0.3, 0.4) is 0 Å². The Kier molecular flexibility index (Phi) is 12.3. The molecule has 0 aromatic heterocycles. The van der Waals surface area contributed by atoms with E-state index in [0.717, 1.165) is 51.4 Å². The van der Waals surface area contributed by atoms with Gasteiger partial charge in [0.05, 0.1) is 19.3 Å². The van der Waals surface area contributed by atoms with E-state index in [1.54, 1.807) is 0 Å². The van der Waals surface area contributed by atoms with Crippen LogP contribution in [0.4, 0.5) is 0 Å². The van der Waals surface area contributed by atoms with E-state index >= 15 is 0 Å². The predicted molar refractivity (Wildman–Crippen MR) is 103 cm³/mol. The lowest BCUT2D eigenvalue weighted by atomic mass is 9.89. The molecule has 5 heteroatoms. The van der Waals surface area contributed by atoms with Crippen LogP contribution >= 0.6 is 0 Å². The van der Waals surface area contributed by atoms with Crippen molar-refractivity contribution in [2.24, 2.45) is 11.8 Å². The predicted octanol–water partition coefficient (Wildman–Crippen LogP) is 3.13. The molecular weight excluding hydrogens is 332 g/mol. The topological polar surface area (TPSA) is 87.0 Å². The third-order valence-electron chi connectivity index (χ3n) is 5.11. The van der Waals surface area contributed by atoms with Crippen molar-refractivity contribution in [1.29, 1.82) is 0 Å². The zero-order chi connectivity index (χ0) is 19.2. The van der Waals surface area contributed by atoms with E-state index < -0.39 is 12.2 Å². The van der Waals surface area contributed by atoms with Crippen molar-refractivity contribution in [2.45, 2.75) is 76.4 Å². The van der Waals surface area contributed by atoms with E-state index in [-0.39, 0.29) is 24.4 Å². The van der Waals surface area contributed by atoms with E-state index in [1.165, 1.54) is 7.11 Å². The second-order valence-electron chi connectivity index (χ2n) is 7.14. The molecule has 1 fully saturated rings. The number of aliphatic hydroxyl groups excluding tert-OH is 3. The fourth-order valence-electron chi connectivity index (χ4n) is 3.52. The maximum absolute atomic E-state index is 11.0. The minimum absolute atomic E-state index is 0.00200. The van der Waals surface area contributed by atoms with Gasteiger partial charge in [0.25, 0.3) is 0 Å². The number of aliphatic hydroxyl groups is 3. The Morgan fingerprint density at radius 2 is 1.73 bits per heavy atom. The van der Waals surface area contributed by atoms with Gasteiger partial charge in [-0.05, 0) is 44.4 Å². The van der Waals surface area contributed by atoms with Gasteiger partial charge in [-0.2, -0.15) is 0 Å². The summed E-state index contributed by atoms with van der Waals surface area (Å²) in [4.78, 5) is 11.0. The van der Waals surface area contributed by atoms with E-state index in [2.05, 4.69) is 23.0 Å². The van der Waals surface area contributed by atoms with E-state index in [9.17, 15) is 15.0 Å². The maximum atomic E-state index is 11.0. The lowest BCUT2D eigenvalue weighted by Crippen LogP contribution is -2.19. The molecule has 150 valence electrons. The van der Waals surface area contributed by atoms with Crippen LogP contribution in [0.15, 0.2) is 24.3 Å². The highest BCUT2D eigenvalue weighted by molar-refractivity contribution is 5.69. The molecule has 3 N–H and O–H groups in total. The normalized spacial score (nSPS) is 26.2. The molecule has 1 saturated carbocycles. The average Bonchev–Trinajstić information content (AvgIpc) is 2.90. The first-order valence-corrected chi connectivity index (χ1v) is 9.95. The van der Waals surface area contributed by atoms with Crippen molar-refractivity contribution >= 4 is 5.97 Å². The lowest BCUT2D eigenvalue weighted by Gasteiger charge is -2.19. The zero-order valence-electron chi connectivity index (χ0n) is 16.1. The lowest BCUT2D eigenvalue weighted by molar-refractivity contribution is -0.140. The molecule has 0 radical (unpaired) electrons. The van der Waals surface area contributed by atoms with Crippen LogP contribution in [0, 0.1) is 11.8 Å². The first kappa shape index (κ1) is 22.9. The van der Waals surface area contributed by atoms with Crippen LogP contribution in [0.5, 0.6) is 0 Å². The first-order chi connectivity index (χ1) is 12.6. The summed E-state index contributed by atoms with van der Waals surface area (Å²) in [5.41, 5.74) is 0. The largest absolute Gasteiger partial charge is 0.469 e. The Labute approximate surface area is 157 Å². The summed E-state index contributed by atoms with van der Waals surface area (Å²) in [6, 6.07) is 0. The van der Waals surface area contributed by atoms with E-state index in [1.807, 2.05) is 6.08 Å². The SMILES string of the molecule is COC(=O)CCC/C=C\C[C@@H]1[C@H](C=CCCCCCCO)[C@H](O)C[C@H]1O. The fraction of sp³-hybridized carbons (Fsp3) is 0.762.